The second-order valence-corrected chi connectivity index (χ2v) is 6.08. The molecule has 2 rings (SSSR count). The molecule has 2 unspecified atom stereocenters. The Bertz CT molecular complexity index is 474. The number of rotatable bonds is 7. The number of amides is 1. The molecule has 0 aliphatic heterocycles. The first kappa shape index (κ1) is 16.0. The lowest BCUT2D eigenvalue weighted by atomic mass is 9.83. The highest BCUT2D eigenvalue weighted by atomic mass is 19.1. The van der Waals surface area contributed by atoms with Crippen LogP contribution in [0.5, 0.6) is 0 Å². The monoisotopic (exact) mass is 293 g/mol. The SMILES string of the molecule is CCC(CC)(CO)CNC(=O)C1CC1c1ccc(F)cc1. The molecule has 2 N–H and O–H groups in total. The summed E-state index contributed by atoms with van der Waals surface area (Å²) in [6, 6.07) is 6.38. The van der Waals surface area contributed by atoms with Crippen molar-refractivity contribution in [2.75, 3.05) is 13.2 Å². The lowest BCUT2D eigenvalue weighted by molar-refractivity contribution is -0.123. The average Bonchev–Trinajstić information content (AvgIpc) is 3.30. The van der Waals surface area contributed by atoms with Crippen molar-refractivity contribution in [1.29, 1.82) is 0 Å². The molecule has 1 fully saturated rings. The number of nitrogens with one attached hydrogen (secondary N) is 1. The quantitative estimate of drug-likeness (QED) is 0.812. The first-order chi connectivity index (χ1) is 10.0. The van der Waals surface area contributed by atoms with E-state index >= 15 is 0 Å². The molecule has 1 aromatic carbocycles. The van der Waals surface area contributed by atoms with E-state index in [0.29, 0.717) is 6.54 Å². The zero-order chi connectivity index (χ0) is 15.5. The minimum Gasteiger partial charge on any atom is -0.396 e. The smallest absolute Gasteiger partial charge is 0.223 e. The van der Waals surface area contributed by atoms with Crippen LogP contribution in [0.15, 0.2) is 24.3 Å². The predicted octanol–water partition coefficient (Wildman–Crippen LogP) is 2.84. The minimum atomic E-state index is -0.251. The van der Waals surface area contributed by atoms with Crippen LogP contribution in [0, 0.1) is 17.2 Å². The summed E-state index contributed by atoms with van der Waals surface area (Å²) in [5.41, 5.74) is 0.812. The van der Waals surface area contributed by atoms with Gasteiger partial charge in [0.05, 0.1) is 6.61 Å². The Morgan fingerprint density at radius 3 is 2.48 bits per heavy atom. The molecule has 1 aliphatic rings. The minimum absolute atomic E-state index is 0.0134. The van der Waals surface area contributed by atoms with Gasteiger partial charge in [-0.25, -0.2) is 4.39 Å². The number of carbonyl (C=O) groups excluding carboxylic acids is 1. The van der Waals surface area contributed by atoms with Crippen LogP contribution in [-0.4, -0.2) is 24.2 Å². The second kappa shape index (κ2) is 6.56. The zero-order valence-electron chi connectivity index (χ0n) is 12.7. The summed E-state index contributed by atoms with van der Waals surface area (Å²) in [6.07, 6.45) is 2.50. The molecule has 116 valence electrons. The highest BCUT2D eigenvalue weighted by Gasteiger charge is 2.44. The van der Waals surface area contributed by atoms with Gasteiger partial charge >= 0.3 is 0 Å². The third-order valence-corrected chi connectivity index (χ3v) is 4.90. The molecule has 0 radical (unpaired) electrons. The summed E-state index contributed by atoms with van der Waals surface area (Å²) in [7, 11) is 0. The third kappa shape index (κ3) is 3.62. The fourth-order valence-electron chi connectivity index (χ4n) is 2.75. The molecule has 0 aromatic heterocycles. The van der Waals surface area contributed by atoms with Gasteiger partial charge in [0.2, 0.25) is 5.91 Å². The Labute approximate surface area is 125 Å². The topological polar surface area (TPSA) is 49.3 Å². The van der Waals surface area contributed by atoms with Crippen molar-refractivity contribution >= 4 is 5.91 Å². The maximum atomic E-state index is 12.9. The summed E-state index contributed by atoms with van der Waals surface area (Å²) < 4.78 is 12.9. The van der Waals surface area contributed by atoms with Gasteiger partial charge in [-0.3, -0.25) is 4.79 Å². The van der Waals surface area contributed by atoms with E-state index in [1.54, 1.807) is 12.1 Å². The van der Waals surface area contributed by atoms with Crippen LogP contribution in [0.1, 0.15) is 44.6 Å². The Hall–Kier alpha value is -1.42. The molecular formula is C17H24FNO2. The number of aliphatic hydroxyl groups excluding tert-OH is 1. The predicted molar refractivity (Wildman–Crippen MR) is 80.4 cm³/mol. The summed E-state index contributed by atoms with van der Waals surface area (Å²) in [4.78, 5) is 12.2. The van der Waals surface area contributed by atoms with E-state index in [1.165, 1.54) is 12.1 Å². The maximum Gasteiger partial charge on any atom is 0.223 e. The Kier molecular flexibility index (Phi) is 4.99. The van der Waals surface area contributed by atoms with Crippen LogP contribution in [-0.2, 0) is 4.79 Å². The van der Waals surface area contributed by atoms with Crippen LogP contribution in [0.25, 0.3) is 0 Å². The molecular weight excluding hydrogens is 269 g/mol. The maximum absolute atomic E-state index is 12.9. The van der Waals surface area contributed by atoms with Gasteiger partial charge in [0.1, 0.15) is 5.82 Å². The number of aliphatic hydroxyl groups is 1. The van der Waals surface area contributed by atoms with Gasteiger partial charge in [0.25, 0.3) is 0 Å². The molecule has 21 heavy (non-hydrogen) atoms. The highest BCUT2D eigenvalue weighted by Crippen LogP contribution is 2.47. The van der Waals surface area contributed by atoms with Crippen molar-refractivity contribution in [1.82, 2.24) is 5.32 Å². The third-order valence-electron chi connectivity index (χ3n) is 4.90. The first-order valence-electron chi connectivity index (χ1n) is 7.69. The van der Waals surface area contributed by atoms with E-state index in [4.69, 9.17) is 0 Å². The van der Waals surface area contributed by atoms with E-state index in [2.05, 4.69) is 5.32 Å². The van der Waals surface area contributed by atoms with Crippen LogP contribution in [0.4, 0.5) is 4.39 Å². The second-order valence-electron chi connectivity index (χ2n) is 6.08. The molecule has 2 atom stereocenters. The molecule has 1 saturated carbocycles. The Balaban J connectivity index is 1.87. The van der Waals surface area contributed by atoms with Crippen LogP contribution in [0.3, 0.4) is 0 Å². The van der Waals surface area contributed by atoms with Crippen molar-refractivity contribution in [2.24, 2.45) is 11.3 Å². The number of benzene rings is 1. The number of carbonyl (C=O) groups is 1. The molecule has 0 saturated heterocycles. The van der Waals surface area contributed by atoms with E-state index in [-0.39, 0.29) is 35.6 Å². The molecule has 0 heterocycles. The van der Waals surface area contributed by atoms with E-state index in [1.807, 2.05) is 13.8 Å². The van der Waals surface area contributed by atoms with Gasteiger partial charge in [-0.05, 0) is 42.9 Å². The zero-order valence-corrected chi connectivity index (χ0v) is 12.7. The van der Waals surface area contributed by atoms with Gasteiger partial charge in [0, 0.05) is 17.9 Å². The van der Waals surface area contributed by atoms with Crippen LogP contribution < -0.4 is 5.32 Å². The normalized spacial score (nSPS) is 21.1. The lowest BCUT2D eigenvalue weighted by Crippen LogP contribution is -2.40. The number of hydrogen-bond acceptors (Lipinski definition) is 2. The number of hydrogen-bond donors (Lipinski definition) is 2. The van der Waals surface area contributed by atoms with Gasteiger partial charge in [0.15, 0.2) is 0 Å². The van der Waals surface area contributed by atoms with Gasteiger partial charge in [-0.2, -0.15) is 0 Å². The molecule has 0 bridgehead atoms. The molecule has 1 amide bonds. The number of halogens is 1. The van der Waals surface area contributed by atoms with Crippen molar-refractivity contribution in [3.05, 3.63) is 35.6 Å². The fourth-order valence-corrected chi connectivity index (χ4v) is 2.75. The van der Waals surface area contributed by atoms with Crippen LogP contribution >= 0.6 is 0 Å². The average molecular weight is 293 g/mol. The van der Waals surface area contributed by atoms with Crippen molar-refractivity contribution in [3.63, 3.8) is 0 Å². The van der Waals surface area contributed by atoms with Crippen LogP contribution in [0.2, 0.25) is 0 Å². The summed E-state index contributed by atoms with van der Waals surface area (Å²) in [5, 5.41) is 12.5. The van der Waals surface area contributed by atoms with Gasteiger partial charge in [-0.15, -0.1) is 0 Å². The summed E-state index contributed by atoms with van der Waals surface area (Å²) in [5.74, 6) is -0.0129. The molecule has 0 spiro atoms. The Morgan fingerprint density at radius 1 is 1.33 bits per heavy atom. The van der Waals surface area contributed by atoms with Crippen molar-refractivity contribution < 1.29 is 14.3 Å². The fraction of sp³-hybridized carbons (Fsp3) is 0.588. The van der Waals surface area contributed by atoms with Gasteiger partial charge in [-0.1, -0.05) is 26.0 Å². The molecule has 4 heteroatoms. The summed E-state index contributed by atoms with van der Waals surface area (Å²) >= 11 is 0. The Morgan fingerprint density at radius 2 is 1.95 bits per heavy atom. The lowest BCUT2D eigenvalue weighted by Gasteiger charge is -2.29. The van der Waals surface area contributed by atoms with Gasteiger partial charge < -0.3 is 10.4 Å². The largest absolute Gasteiger partial charge is 0.396 e. The van der Waals surface area contributed by atoms with Crippen molar-refractivity contribution in [2.45, 2.75) is 39.0 Å². The summed E-state index contributed by atoms with van der Waals surface area (Å²) in [6.45, 7) is 4.67. The standard InChI is InChI=1S/C17H24FNO2/c1-3-17(4-2,11-20)10-19-16(21)15-9-14(15)12-5-7-13(18)8-6-12/h5-8,14-15,20H,3-4,9-11H2,1-2H3,(H,19,21). The first-order valence-corrected chi connectivity index (χ1v) is 7.69. The molecule has 1 aliphatic carbocycles. The van der Waals surface area contributed by atoms with Crippen molar-refractivity contribution in [3.8, 4) is 0 Å². The van der Waals surface area contributed by atoms with E-state index in [9.17, 15) is 14.3 Å². The highest BCUT2D eigenvalue weighted by molar-refractivity contribution is 5.82. The van der Waals surface area contributed by atoms with E-state index in [0.717, 1.165) is 24.8 Å². The molecule has 1 aromatic rings. The molecule has 3 nitrogen and oxygen atoms in total. The van der Waals surface area contributed by atoms with E-state index < -0.39 is 0 Å².